The van der Waals surface area contributed by atoms with Crippen LogP contribution in [0.5, 0.6) is 11.5 Å². The van der Waals surface area contributed by atoms with E-state index in [1.54, 1.807) is 7.11 Å². The molecule has 0 bridgehead atoms. The molecule has 1 unspecified atom stereocenters. The van der Waals surface area contributed by atoms with Crippen LogP contribution < -0.4 is 20.1 Å². The normalized spacial score (nSPS) is 13.3. The molecular formula is C24H39N3O4. The Morgan fingerprint density at radius 1 is 1.19 bits per heavy atom. The van der Waals surface area contributed by atoms with Gasteiger partial charge in [0.1, 0.15) is 5.60 Å². The maximum Gasteiger partial charge on any atom is 0.407 e. The van der Waals surface area contributed by atoms with E-state index in [1.807, 2.05) is 39.0 Å². The van der Waals surface area contributed by atoms with Crippen LogP contribution in [0.15, 0.2) is 18.2 Å². The molecule has 7 nitrogen and oxygen atoms in total. The van der Waals surface area contributed by atoms with E-state index in [2.05, 4.69) is 37.5 Å². The fourth-order valence-corrected chi connectivity index (χ4v) is 3.28. The second-order valence-corrected chi connectivity index (χ2v) is 9.46. The molecule has 1 atom stereocenters. The predicted octanol–water partition coefficient (Wildman–Crippen LogP) is 4.80. The van der Waals surface area contributed by atoms with E-state index in [-0.39, 0.29) is 5.54 Å². The fraction of sp³-hybridized carbons (Fsp3) is 0.667. The highest BCUT2D eigenvalue weighted by molar-refractivity contribution is 5.67. The van der Waals surface area contributed by atoms with Gasteiger partial charge in [0.2, 0.25) is 0 Å². The van der Waals surface area contributed by atoms with Crippen LogP contribution in [0.4, 0.5) is 4.79 Å². The van der Waals surface area contributed by atoms with Gasteiger partial charge in [0.25, 0.3) is 0 Å². The molecule has 1 amide bonds. The third kappa shape index (κ3) is 10.9. The number of ether oxygens (including phenoxy) is 3. The Morgan fingerprint density at radius 3 is 2.48 bits per heavy atom. The van der Waals surface area contributed by atoms with Gasteiger partial charge in [0.15, 0.2) is 11.5 Å². The summed E-state index contributed by atoms with van der Waals surface area (Å²) in [5.41, 5.74) is 0.209. The van der Waals surface area contributed by atoms with E-state index >= 15 is 0 Å². The minimum Gasteiger partial charge on any atom is -0.493 e. The highest BCUT2D eigenvalue weighted by Crippen LogP contribution is 2.29. The van der Waals surface area contributed by atoms with Gasteiger partial charge in [0.05, 0.1) is 19.8 Å². The molecule has 1 aromatic rings. The van der Waals surface area contributed by atoms with Crippen LogP contribution in [0, 0.1) is 17.2 Å². The van der Waals surface area contributed by atoms with Gasteiger partial charge in [-0.25, -0.2) is 4.79 Å². The molecule has 2 N–H and O–H groups in total. The van der Waals surface area contributed by atoms with Crippen molar-refractivity contribution in [3.05, 3.63) is 23.8 Å². The third-order valence-electron chi connectivity index (χ3n) is 4.52. The Kier molecular flexibility index (Phi) is 10.6. The highest BCUT2D eigenvalue weighted by Gasteiger charge is 2.27. The summed E-state index contributed by atoms with van der Waals surface area (Å²) in [6.45, 7) is 13.5. The SMILES string of the molecule is COc1ccc(CNC(C)(CNC(=O)OC(C)(C)C)CC(C)C)cc1OCCCC#N. The zero-order chi connectivity index (χ0) is 23.5. The molecule has 0 aliphatic carbocycles. The number of nitrogens with zero attached hydrogens (tertiary/aromatic N) is 1. The summed E-state index contributed by atoms with van der Waals surface area (Å²) in [4.78, 5) is 12.1. The van der Waals surface area contributed by atoms with E-state index in [0.717, 1.165) is 12.0 Å². The average Bonchev–Trinajstić information content (AvgIpc) is 2.66. The number of amides is 1. The number of alkyl carbamates (subject to hydrolysis) is 1. The number of rotatable bonds is 12. The van der Waals surface area contributed by atoms with Crippen molar-refractivity contribution in [2.45, 2.75) is 78.5 Å². The van der Waals surface area contributed by atoms with Crippen molar-refractivity contribution < 1.29 is 19.0 Å². The number of hydrogen-bond acceptors (Lipinski definition) is 6. The molecule has 0 aromatic heterocycles. The van der Waals surface area contributed by atoms with Gasteiger partial charge < -0.3 is 24.8 Å². The van der Waals surface area contributed by atoms with Crippen molar-refractivity contribution in [2.75, 3.05) is 20.3 Å². The molecule has 0 heterocycles. The molecule has 7 heteroatoms. The van der Waals surface area contributed by atoms with Gasteiger partial charge in [-0.1, -0.05) is 19.9 Å². The number of carbonyl (C=O) groups excluding carboxylic acids is 1. The molecule has 0 saturated carbocycles. The minimum atomic E-state index is -0.529. The number of nitriles is 1. The summed E-state index contributed by atoms with van der Waals surface area (Å²) in [7, 11) is 1.61. The Morgan fingerprint density at radius 2 is 1.90 bits per heavy atom. The number of nitrogens with one attached hydrogen (secondary N) is 2. The first kappa shape index (κ1) is 26.6. The van der Waals surface area contributed by atoms with Crippen LogP contribution in [0.1, 0.15) is 66.4 Å². The van der Waals surface area contributed by atoms with Crippen molar-refractivity contribution in [2.24, 2.45) is 5.92 Å². The second-order valence-electron chi connectivity index (χ2n) is 9.46. The van der Waals surface area contributed by atoms with Gasteiger partial charge in [-0.3, -0.25) is 0 Å². The summed E-state index contributed by atoms with van der Waals surface area (Å²) in [5, 5.41) is 15.2. The Hall–Kier alpha value is -2.46. The highest BCUT2D eigenvalue weighted by atomic mass is 16.6. The molecule has 0 radical (unpaired) electrons. The van der Waals surface area contributed by atoms with Crippen LogP contribution in [-0.2, 0) is 11.3 Å². The first-order chi connectivity index (χ1) is 14.5. The summed E-state index contributed by atoms with van der Waals surface area (Å²) in [5.74, 6) is 1.78. The number of unbranched alkanes of at least 4 members (excludes halogenated alkanes) is 1. The zero-order valence-electron chi connectivity index (χ0n) is 20.1. The molecule has 174 valence electrons. The number of carbonyl (C=O) groups is 1. The monoisotopic (exact) mass is 433 g/mol. The van der Waals surface area contributed by atoms with E-state index in [1.165, 1.54) is 0 Å². The summed E-state index contributed by atoms with van der Waals surface area (Å²) >= 11 is 0. The average molecular weight is 434 g/mol. The van der Waals surface area contributed by atoms with Crippen LogP contribution in [0.2, 0.25) is 0 Å². The first-order valence-corrected chi connectivity index (χ1v) is 10.9. The van der Waals surface area contributed by atoms with E-state index in [9.17, 15) is 4.79 Å². The van der Waals surface area contributed by atoms with Crippen molar-refractivity contribution in [1.29, 1.82) is 5.26 Å². The van der Waals surface area contributed by atoms with Crippen molar-refractivity contribution in [3.63, 3.8) is 0 Å². The predicted molar refractivity (Wildman–Crippen MR) is 122 cm³/mol. The largest absolute Gasteiger partial charge is 0.493 e. The van der Waals surface area contributed by atoms with E-state index in [0.29, 0.717) is 50.0 Å². The summed E-state index contributed by atoms with van der Waals surface area (Å²) in [6.07, 6.45) is 1.60. The molecule has 1 rings (SSSR count). The lowest BCUT2D eigenvalue weighted by molar-refractivity contribution is 0.0507. The minimum absolute atomic E-state index is 0.307. The molecule has 0 saturated heterocycles. The topological polar surface area (TPSA) is 92.6 Å². The fourth-order valence-electron chi connectivity index (χ4n) is 3.28. The number of benzene rings is 1. The van der Waals surface area contributed by atoms with Gasteiger partial charge in [-0.2, -0.15) is 5.26 Å². The molecule has 0 spiro atoms. The van der Waals surface area contributed by atoms with Crippen LogP contribution in [0.3, 0.4) is 0 Å². The van der Waals surface area contributed by atoms with Crippen LogP contribution >= 0.6 is 0 Å². The summed E-state index contributed by atoms with van der Waals surface area (Å²) in [6, 6.07) is 7.95. The van der Waals surface area contributed by atoms with Crippen molar-refractivity contribution in [3.8, 4) is 17.6 Å². The Bertz CT molecular complexity index is 737. The molecule has 0 aliphatic rings. The molecular weight excluding hydrogens is 394 g/mol. The van der Waals surface area contributed by atoms with Crippen molar-refractivity contribution in [1.82, 2.24) is 10.6 Å². The zero-order valence-corrected chi connectivity index (χ0v) is 20.1. The van der Waals surface area contributed by atoms with E-state index in [4.69, 9.17) is 19.5 Å². The maximum absolute atomic E-state index is 12.1. The Balaban J connectivity index is 2.80. The summed E-state index contributed by atoms with van der Waals surface area (Å²) < 4.78 is 16.6. The molecule has 31 heavy (non-hydrogen) atoms. The van der Waals surface area contributed by atoms with Gasteiger partial charge in [-0.15, -0.1) is 0 Å². The lowest BCUT2D eigenvalue weighted by atomic mass is 9.90. The Labute approximate surface area is 187 Å². The smallest absolute Gasteiger partial charge is 0.407 e. The quantitative estimate of drug-likeness (QED) is 0.460. The van der Waals surface area contributed by atoms with Gasteiger partial charge >= 0.3 is 6.09 Å². The lowest BCUT2D eigenvalue weighted by Gasteiger charge is -2.33. The van der Waals surface area contributed by atoms with Crippen molar-refractivity contribution >= 4 is 6.09 Å². The maximum atomic E-state index is 12.1. The molecule has 1 aromatic carbocycles. The first-order valence-electron chi connectivity index (χ1n) is 10.9. The third-order valence-corrected chi connectivity index (χ3v) is 4.52. The lowest BCUT2D eigenvalue weighted by Crippen LogP contribution is -2.52. The molecule has 0 aliphatic heterocycles. The molecule has 0 fully saturated rings. The van der Waals surface area contributed by atoms with Crippen LogP contribution in [0.25, 0.3) is 0 Å². The number of hydrogen-bond donors (Lipinski definition) is 2. The standard InChI is InChI=1S/C24H39N3O4/c1-18(2)15-24(6,17-26-22(28)31-23(3,4)5)27-16-19-10-11-20(29-7)21(14-19)30-13-9-8-12-25/h10-11,14,18,27H,8-9,13,15-17H2,1-7H3,(H,26,28). The van der Waals surface area contributed by atoms with Crippen LogP contribution in [-0.4, -0.2) is 37.5 Å². The van der Waals surface area contributed by atoms with E-state index < -0.39 is 11.7 Å². The second kappa shape index (κ2) is 12.4. The van der Waals surface area contributed by atoms with Gasteiger partial charge in [0, 0.05) is 25.0 Å². The number of methoxy groups -OCH3 is 1. The van der Waals surface area contributed by atoms with Gasteiger partial charge in [-0.05, 0) is 64.2 Å².